The number of para-hydroxylation sites is 1. The van der Waals surface area contributed by atoms with Crippen molar-refractivity contribution in [2.24, 2.45) is 4.99 Å². The van der Waals surface area contributed by atoms with Gasteiger partial charge in [-0.3, -0.25) is 0 Å². The van der Waals surface area contributed by atoms with E-state index in [1.165, 1.54) is 5.56 Å². The normalized spacial score (nSPS) is 14.8. The minimum Gasteiger partial charge on any atom is -0.497 e. The Labute approximate surface area is 190 Å². The Balaban J connectivity index is 1.79. The van der Waals surface area contributed by atoms with Gasteiger partial charge in [-0.15, -0.1) is 0 Å². The summed E-state index contributed by atoms with van der Waals surface area (Å²) in [5.74, 6) is 1.66. The molecule has 0 N–H and O–H groups in total. The molecule has 162 valence electrons. The molecule has 1 aliphatic rings. The van der Waals surface area contributed by atoms with Gasteiger partial charge in [-0.25, -0.2) is 4.99 Å². The maximum atomic E-state index is 5.56. The van der Waals surface area contributed by atoms with Gasteiger partial charge in [0, 0.05) is 16.7 Å². The molecule has 1 aliphatic heterocycles. The third-order valence-electron chi connectivity index (χ3n) is 5.68. The van der Waals surface area contributed by atoms with Gasteiger partial charge in [0.05, 0.1) is 25.6 Å². The molecule has 3 heteroatoms. The van der Waals surface area contributed by atoms with Crippen molar-refractivity contribution in [2.75, 3.05) is 14.2 Å². The number of methoxy groups -OCH3 is 2. The average molecular weight is 424 g/mol. The third-order valence-corrected chi connectivity index (χ3v) is 5.68. The van der Waals surface area contributed by atoms with Crippen LogP contribution >= 0.6 is 0 Å². The SMILES string of the molecule is COc1ccc(C2=NC(=Cc3ccccc3OC)C(c3ccc(C(C)(C)C)cc3)=C2)cc1. The van der Waals surface area contributed by atoms with Gasteiger partial charge in [0.25, 0.3) is 0 Å². The Bertz CT molecular complexity index is 1190. The standard InChI is InChI=1S/C29H29NO2/c1-29(2,3)23-14-10-20(11-15-23)25-19-26(21-12-16-24(31-4)17-13-21)30-27(25)18-22-8-6-7-9-28(22)32-5/h6-19H,1-5H3. The van der Waals surface area contributed by atoms with Gasteiger partial charge in [0.1, 0.15) is 11.5 Å². The van der Waals surface area contributed by atoms with Crippen molar-refractivity contribution < 1.29 is 9.47 Å². The van der Waals surface area contributed by atoms with Gasteiger partial charge in [-0.1, -0.05) is 63.2 Å². The average Bonchev–Trinajstić information content (AvgIpc) is 3.23. The molecule has 0 saturated heterocycles. The lowest BCUT2D eigenvalue weighted by atomic mass is 9.86. The molecule has 32 heavy (non-hydrogen) atoms. The Kier molecular flexibility index (Phi) is 6.00. The van der Waals surface area contributed by atoms with Gasteiger partial charge in [0.2, 0.25) is 0 Å². The van der Waals surface area contributed by atoms with E-state index in [2.05, 4.69) is 57.2 Å². The molecular formula is C29H29NO2. The minimum atomic E-state index is 0.114. The molecule has 3 aromatic rings. The number of hydrogen-bond acceptors (Lipinski definition) is 3. The predicted molar refractivity (Wildman–Crippen MR) is 134 cm³/mol. The van der Waals surface area contributed by atoms with Crippen LogP contribution in [0.3, 0.4) is 0 Å². The molecule has 0 radical (unpaired) electrons. The van der Waals surface area contributed by atoms with Gasteiger partial charge < -0.3 is 9.47 Å². The Morgan fingerprint density at radius 2 is 1.41 bits per heavy atom. The van der Waals surface area contributed by atoms with Crippen molar-refractivity contribution in [3.05, 3.63) is 107 Å². The van der Waals surface area contributed by atoms with Crippen molar-refractivity contribution in [1.29, 1.82) is 0 Å². The topological polar surface area (TPSA) is 30.8 Å². The van der Waals surface area contributed by atoms with Crippen molar-refractivity contribution in [3.8, 4) is 11.5 Å². The number of benzene rings is 3. The van der Waals surface area contributed by atoms with Gasteiger partial charge in [0.15, 0.2) is 0 Å². The van der Waals surface area contributed by atoms with Crippen LogP contribution in [0.4, 0.5) is 0 Å². The van der Waals surface area contributed by atoms with Gasteiger partial charge in [-0.05, 0) is 59.0 Å². The second kappa shape index (κ2) is 8.88. The summed E-state index contributed by atoms with van der Waals surface area (Å²) in [6, 6.07) is 24.8. The number of hydrogen-bond donors (Lipinski definition) is 0. The number of nitrogens with zero attached hydrogens (tertiary/aromatic N) is 1. The summed E-state index contributed by atoms with van der Waals surface area (Å²) in [7, 11) is 3.37. The number of allylic oxidation sites excluding steroid dienone is 2. The zero-order valence-electron chi connectivity index (χ0n) is 19.3. The van der Waals surface area contributed by atoms with E-state index in [1.54, 1.807) is 14.2 Å². The molecule has 3 aromatic carbocycles. The molecular weight excluding hydrogens is 394 g/mol. The lowest BCUT2D eigenvalue weighted by Gasteiger charge is -2.19. The molecule has 0 aromatic heterocycles. The quantitative estimate of drug-likeness (QED) is 0.445. The number of rotatable bonds is 5. The first-order valence-electron chi connectivity index (χ1n) is 10.8. The van der Waals surface area contributed by atoms with Crippen LogP contribution in [0.5, 0.6) is 11.5 Å². The van der Waals surface area contributed by atoms with Crippen LogP contribution in [0.1, 0.15) is 43.0 Å². The number of ether oxygens (including phenoxy) is 2. The molecule has 1 heterocycles. The first-order chi connectivity index (χ1) is 15.4. The monoisotopic (exact) mass is 423 g/mol. The van der Waals surface area contributed by atoms with Crippen molar-refractivity contribution in [2.45, 2.75) is 26.2 Å². The zero-order valence-corrected chi connectivity index (χ0v) is 19.3. The summed E-state index contributed by atoms with van der Waals surface area (Å²) >= 11 is 0. The number of aliphatic imine (C=N–C) groups is 1. The van der Waals surface area contributed by atoms with E-state index < -0.39 is 0 Å². The lowest BCUT2D eigenvalue weighted by molar-refractivity contribution is 0.414. The molecule has 0 fully saturated rings. The second-order valence-electron chi connectivity index (χ2n) is 8.88. The van der Waals surface area contributed by atoms with Crippen LogP contribution < -0.4 is 9.47 Å². The van der Waals surface area contributed by atoms with Crippen LogP contribution in [0, 0.1) is 0 Å². The van der Waals surface area contributed by atoms with E-state index >= 15 is 0 Å². The highest BCUT2D eigenvalue weighted by atomic mass is 16.5. The van der Waals surface area contributed by atoms with E-state index in [4.69, 9.17) is 14.5 Å². The molecule has 0 unspecified atom stereocenters. The highest BCUT2D eigenvalue weighted by Crippen LogP contribution is 2.35. The summed E-state index contributed by atoms with van der Waals surface area (Å²) < 4.78 is 10.9. The Hall–Kier alpha value is -3.59. The lowest BCUT2D eigenvalue weighted by Crippen LogP contribution is -2.10. The predicted octanol–water partition coefficient (Wildman–Crippen LogP) is 6.93. The summed E-state index contributed by atoms with van der Waals surface area (Å²) in [5.41, 5.74) is 7.58. The molecule has 0 aliphatic carbocycles. The molecule has 3 nitrogen and oxygen atoms in total. The highest BCUT2D eigenvalue weighted by molar-refractivity contribution is 6.18. The fourth-order valence-electron chi connectivity index (χ4n) is 3.77. The van der Waals surface area contributed by atoms with Crippen LogP contribution in [-0.2, 0) is 5.41 Å². The van der Waals surface area contributed by atoms with Crippen molar-refractivity contribution in [1.82, 2.24) is 0 Å². The molecule has 0 saturated carbocycles. The highest BCUT2D eigenvalue weighted by Gasteiger charge is 2.20. The summed E-state index contributed by atoms with van der Waals surface area (Å²) in [6.45, 7) is 6.69. The maximum absolute atomic E-state index is 5.56. The molecule has 0 amide bonds. The second-order valence-corrected chi connectivity index (χ2v) is 8.88. The van der Waals surface area contributed by atoms with Gasteiger partial charge in [-0.2, -0.15) is 0 Å². The molecule has 4 rings (SSSR count). The zero-order chi connectivity index (χ0) is 22.7. The van der Waals surface area contributed by atoms with Crippen molar-refractivity contribution in [3.63, 3.8) is 0 Å². The maximum Gasteiger partial charge on any atom is 0.126 e. The van der Waals surface area contributed by atoms with E-state index in [1.807, 2.05) is 48.5 Å². The smallest absolute Gasteiger partial charge is 0.126 e. The summed E-state index contributed by atoms with van der Waals surface area (Å²) in [6.07, 6.45) is 4.26. The van der Waals surface area contributed by atoms with E-state index in [0.717, 1.165) is 45.2 Å². The fraction of sp³-hybridized carbons (Fsp3) is 0.207. The van der Waals surface area contributed by atoms with E-state index in [-0.39, 0.29) is 5.41 Å². The van der Waals surface area contributed by atoms with Crippen LogP contribution in [0.25, 0.3) is 11.6 Å². The van der Waals surface area contributed by atoms with E-state index in [9.17, 15) is 0 Å². The third kappa shape index (κ3) is 4.52. The Morgan fingerprint density at radius 1 is 0.750 bits per heavy atom. The fourth-order valence-corrected chi connectivity index (χ4v) is 3.77. The minimum absolute atomic E-state index is 0.114. The first kappa shape index (κ1) is 21.6. The molecule has 0 atom stereocenters. The summed E-state index contributed by atoms with van der Waals surface area (Å²) in [5, 5.41) is 0. The van der Waals surface area contributed by atoms with Crippen LogP contribution in [0.2, 0.25) is 0 Å². The summed E-state index contributed by atoms with van der Waals surface area (Å²) in [4.78, 5) is 5.00. The van der Waals surface area contributed by atoms with Crippen LogP contribution in [0.15, 0.2) is 89.6 Å². The van der Waals surface area contributed by atoms with Crippen LogP contribution in [-0.4, -0.2) is 19.9 Å². The molecule has 0 bridgehead atoms. The van der Waals surface area contributed by atoms with Gasteiger partial charge >= 0.3 is 0 Å². The van der Waals surface area contributed by atoms with Crippen molar-refractivity contribution >= 4 is 17.4 Å². The largest absolute Gasteiger partial charge is 0.497 e. The first-order valence-corrected chi connectivity index (χ1v) is 10.8. The Morgan fingerprint density at radius 3 is 2.03 bits per heavy atom. The molecule has 0 spiro atoms. The van der Waals surface area contributed by atoms with E-state index in [0.29, 0.717) is 0 Å².